The average molecular weight is 342 g/mol. The van der Waals surface area contributed by atoms with Gasteiger partial charge in [-0.2, -0.15) is 0 Å². The second kappa shape index (κ2) is 9.01. The number of esters is 1. The fourth-order valence-electron chi connectivity index (χ4n) is 2.65. The number of carbonyl (C=O) groups excluding carboxylic acids is 1. The van der Waals surface area contributed by atoms with Crippen LogP contribution < -0.4 is 10.2 Å². The summed E-state index contributed by atoms with van der Waals surface area (Å²) in [5.74, 6) is 1.98. The number of hydrogen-bond acceptors (Lipinski definition) is 6. The Labute approximate surface area is 149 Å². The van der Waals surface area contributed by atoms with Crippen molar-refractivity contribution in [1.29, 1.82) is 0 Å². The first kappa shape index (κ1) is 18.7. The number of anilines is 3. The van der Waals surface area contributed by atoms with Gasteiger partial charge in [0.25, 0.3) is 0 Å². The van der Waals surface area contributed by atoms with E-state index in [1.165, 1.54) is 7.11 Å². The molecule has 6 heteroatoms. The summed E-state index contributed by atoms with van der Waals surface area (Å²) in [5, 5.41) is 3.26. The minimum atomic E-state index is -0.361. The molecule has 2 aromatic rings. The van der Waals surface area contributed by atoms with Crippen LogP contribution in [0.2, 0.25) is 0 Å². The Kier molecular flexibility index (Phi) is 6.74. The lowest BCUT2D eigenvalue weighted by Crippen LogP contribution is -2.26. The number of aryl methyl sites for hydroxylation is 1. The predicted octanol–water partition coefficient (Wildman–Crippen LogP) is 3.94. The van der Waals surface area contributed by atoms with Gasteiger partial charge in [0.2, 0.25) is 0 Å². The largest absolute Gasteiger partial charge is 0.465 e. The zero-order valence-electron chi connectivity index (χ0n) is 15.4. The number of aromatic nitrogens is 2. The van der Waals surface area contributed by atoms with Gasteiger partial charge >= 0.3 is 5.97 Å². The second-order valence-corrected chi connectivity index (χ2v) is 5.84. The van der Waals surface area contributed by atoms with Gasteiger partial charge in [-0.1, -0.05) is 19.9 Å². The van der Waals surface area contributed by atoms with Gasteiger partial charge in [0.05, 0.1) is 12.7 Å². The average Bonchev–Trinajstić information content (AvgIpc) is 2.60. The standard InChI is InChI=1S/C19H26N4O2/c1-5-10-23(11-6-2)18-13-17(20-14(3)21-18)22-16-9-7-8-15(12-16)19(24)25-4/h7-9,12-13H,5-6,10-11H2,1-4H3,(H,20,21,22). The summed E-state index contributed by atoms with van der Waals surface area (Å²) in [5.41, 5.74) is 1.28. The van der Waals surface area contributed by atoms with E-state index < -0.39 is 0 Å². The van der Waals surface area contributed by atoms with E-state index in [-0.39, 0.29) is 5.97 Å². The minimum Gasteiger partial charge on any atom is -0.465 e. The van der Waals surface area contributed by atoms with Crippen LogP contribution in [0.4, 0.5) is 17.3 Å². The van der Waals surface area contributed by atoms with Gasteiger partial charge in [-0.25, -0.2) is 14.8 Å². The van der Waals surface area contributed by atoms with Crippen LogP contribution in [0.5, 0.6) is 0 Å². The van der Waals surface area contributed by atoms with Gasteiger partial charge < -0.3 is 15.0 Å². The number of rotatable bonds is 8. The van der Waals surface area contributed by atoms with E-state index in [1.54, 1.807) is 12.1 Å². The fraction of sp³-hybridized carbons (Fsp3) is 0.421. The van der Waals surface area contributed by atoms with Crippen LogP contribution in [0.1, 0.15) is 42.9 Å². The van der Waals surface area contributed by atoms with E-state index in [0.29, 0.717) is 17.2 Å². The summed E-state index contributed by atoms with van der Waals surface area (Å²) in [6.45, 7) is 8.13. The first-order valence-electron chi connectivity index (χ1n) is 8.63. The normalized spacial score (nSPS) is 10.4. The number of hydrogen-bond donors (Lipinski definition) is 1. The van der Waals surface area contributed by atoms with Crippen LogP contribution in [0, 0.1) is 6.92 Å². The Hall–Kier alpha value is -2.63. The summed E-state index contributed by atoms with van der Waals surface area (Å²) in [7, 11) is 1.37. The van der Waals surface area contributed by atoms with Crippen molar-refractivity contribution in [3.8, 4) is 0 Å². The number of nitrogens with one attached hydrogen (secondary N) is 1. The molecule has 0 radical (unpaired) electrons. The lowest BCUT2D eigenvalue weighted by atomic mass is 10.2. The molecule has 0 spiro atoms. The van der Waals surface area contributed by atoms with Crippen LogP contribution in [-0.2, 0) is 4.74 Å². The Morgan fingerprint density at radius 3 is 2.52 bits per heavy atom. The molecule has 134 valence electrons. The van der Waals surface area contributed by atoms with Crippen LogP contribution in [0.15, 0.2) is 30.3 Å². The highest BCUT2D eigenvalue weighted by atomic mass is 16.5. The third-order valence-electron chi connectivity index (χ3n) is 3.69. The fourth-order valence-corrected chi connectivity index (χ4v) is 2.65. The molecular formula is C19H26N4O2. The number of ether oxygens (including phenoxy) is 1. The molecule has 1 N–H and O–H groups in total. The third-order valence-corrected chi connectivity index (χ3v) is 3.69. The highest BCUT2D eigenvalue weighted by Crippen LogP contribution is 2.21. The number of methoxy groups -OCH3 is 1. The molecule has 0 saturated heterocycles. The maximum Gasteiger partial charge on any atom is 0.337 e. The summed E-state index contributed by atoms with van der Waals surface area (Å²) in [6, 6.07) is 9.11. The maximum atomic E-state index is 11.7. The smallest absolute Gasteiger partial charge is 0.337 e. The van der Waals surface area contributed by atoms with Crippen LogP contribution >= 0.6 is 0 Å². The van der Waals surface area contributed by atoms with Crippen molar-refractivity contribution in [1.82, 2.24) is 9.97 Å². The van der Waals surface area contributed by atoms with Crippen molar-refractivity contribution in [3.05, 3.63) is 41.7 Å². The van der Waals surface area contributed by atoms with E-state index in [2.05, 4.69) is 34.0 Å². The van der Waals surface area contributed by atoms with Gasteiger partial charge in [-0.3, -0.25) is 0 Å². The first-order valence-corrected chi connectivity index (χ1v) is 8.63. The van der Waals surface area contributed by atoms with E-state index in [1.807, 2.05) is 25.1 Å². The van der Waals surface area contributed by atoms with Gasteiger partial charge in [-0.05, 0) is 38.0 Å². The van der Waals surface area contributed by atoms with Crippen molar-refractivity contribution in [2.45, 2.75) is 33.6 Å². The molecule has 0 amide bonds. The monoisotopic (exact) mass is 342 g/mol. The Balaban J connectivity index is 2.26. The molecule has 2 rings (SSSR count). The van der Waals surface area contributed by atoms with Gasteiger partial charge in [0, 0.05) is 24.8 Å². The molecule has 25 heavy (non-hydrogen) atoms. The molecule has 1 aromatic heterocycles. The SMILES string of the molecule is CCCN(CCC)c1cc(Nc2cccc(C(=O)OC)c2)nc(C)n1. The molecular weight excluding hydrogens is 316 g/mol. The van der Waals surface area contributed by atoms with E-state index in [0.717, 1.165) is 37.4 Å². The Morgan fingerprint density at radius 1 is 1.16 bits per heavy atom. The summed E-state index contributed by atoms with van der Waals surface area (Å²) >= 11 is 0. The molecule has 6 nitrogen and oxygen atoms in total. The molecule has 0 unspecified atom stereocenters. The first-order chi connectivity index (χ1) is 12.1. The van der Waals surface area contributed by atoms with E-state index in [9.17, 15) is 4.79 Å². The molecule has 0 fully saturated rings. The lowest BCUT2D eigenvalue weighted by Gasteiger charge is -2.23. The number of nitrogens with zero attached hydrogens (tertiary/aromatic N) is 3. The van der Waals surface area contributed by atoms with Crippen LogP contribution in [0.3, 0.4) is 0 Å². The lowest BCUT2D eigenvalue weighted by molar-refractivity contribution is 0.0601. The van der Waals surface area contributed by atoms with Crippen molar-refractivity contribution in [3.63, 3.8) is 0 Å². The maximum absolute atomic E-state index is 11.7. The highest BCUT2D eigenvalue weighted by Gasteiger charge is 2.10. The quantitative estimate of drug-likeness (QED) is 0.733. The van der Waals surface area contributed by atoms with Crippen molar-refractivity contribution < 1.29 is 9.53 Å². The second-order valence-electron chi connectivity index (χ2n) is 5.84. The molecule has 1 aromatic carbocycles. The van der Waals surface area contributed by atoms with E-state index >= 15 is 0 Å². The van der Waals surface area contributed by atoms with Crippen LogP contribution in [0.25, 0.3) is 0 Å². The molecule has 0 aliphatic heterocycles. The zero-order chi connectivity index (χ0) is 18.2. The zero-order valence-corrected chi connectivity index (χ0v) is 15.4. The molecule has 0 bridgehead atoms. The third kappa shape index (κ3) is 5.17. The molecule has 1 heterocycles. The minimum absolute atomic E-state index is 0.361. The van der Waals surface area contributed by atoms with Crippen molar-refractivity contribution >= 4 is 23.3 Å². The van der Waals surface area contributed by atoms with Gasteiger partial charge in [0.15, 0.2) is 0 Å². The van der Waals surface area contributed by atoms with Crippen molar-refractivity contribution in [2.24, 2.45) is 0 Å². The Morgan fingerprint density at radius 2 is 1.88 bits per heavy atom. The highest BCUT2D eigenvalue weighted by molar-refractivity contribution is 5.90. The topological polar surface area (TPSA) is 67.4 Å². The molecule has 0 aliphatic carbocycles. The summed E-state index contributed by atoms with van der Waals surface area (Å²) < 4.78 is 4.77. The number of carbonyl (C=O) groups is 1. The summed E-state index contributed by atoms with van der Waals surface area (Å²) in [6.07, 6.45) is 2.12. The van der Waals surface area contributed by atoms with Gasteiger partial charge in [-0.15, -0.1) is 0 Å². The van der Waals surface area contributed by atoms with Crippen LogP contribution in [-0.4, -0.2) is 36.1 Å². The Bertz CT molecular complexity index is 712. The molecule has 0 saturated carbocycles. The molecule has 0 atom stereocenters. The number of benzene rings is 1. The van der Waals surface area contributed by atoms with Gasteiger partial charge in [0.1, 0.15) is 17.5 Å². The summed E-state index contributed by atoms with van der Waals surface area (Å²) in [4.78, 5) is 23.0. The van der Waals surface area contributed by atoms with E-state index in [4.69, 9.17) is 4.74 Å². The molecule has 0 aliphatic rings. The van der Waals surface area contributed by atoms with Crippen molar-refractivity contribution in [2.75, 3.05) is 30.4 Å². The predicted molar refractivity (Wildman–Crippen MR) is 101 cm³/mol.